The summed E-state index contributed by atoms with van der Waals surface area (Å²) in [6.07, 6.45) is 0.416. The molecule has 5 heteroatoms. The van der Waals surface area contributed by atoms with Gasteiger partial charge in [0.05, 0.1) is 5.56 Å². The van der Waals surface area contributed by atoms with Gasteiger partial charge in [-0.05, 0) is 30.5 Å². The maximum Gasteiger partial charge on any atom is 0.255 e. The molecule has 0 saturated carbocycles. The third kappa shape index (κ3) is 3.70. The lowest BCUT2D eigenvalue weighted by atomic mass is 10.0. The van der Waals surface area contributed by atoms with Gasteiger partial charge in [0.1, 0.15) is 11.6 Å². The second-order valence-electron chi connectivity index (χ2n) is 4.50. The van der Waals surface area contributed by atoms with Crippen LogP contribution in [0.3, 0.4) is 0 Å². The molecule has 0 heterocycles. The summed E-state index contributed by atoms with van der Waals surface area (Å²) in [6.45, 7) is 3.77. The molecule has 0 aliphatic carbocycles. The molecule has 1 rings (SSSR count). The van der Waals surface area contributed by atoms with Crippen molar-refractivity contribution in [3.63, 3.8) is 0 Å². The van der Waals surface area contributed by atoms with E-state index in [1.54, 1.807) is 0 Å². The number of halogens is 1. The lowest BCUT2D eigenvalue weighted by molar-refractivity contribution is 0.0913. The van der Waals surface area contributed by atoms with Crippen molar-refractivity contribution >= 4 is 5.91 Å². The number of nitrogens with one attached hydrogen (secondary N) is 1. The fourth-order valence-corrected chi connectivity index (χ4v) is 1.65. The molecule has 1 atom stereocenters. The predicted molar refractivity (Wildman–Crippen MR) is 65.9 cm³/mol. The van der Waals surface area contributed by atoms with Crippen molar-refractivity contribution in [2.75, 3.05) is 6.61 Å². The number of aliphatic hydroxyl groups is 1. The van der Waals surface area contributed by atoms with Crippen LogP contribution in [-0.2, 0) is 0 Å². The number of phenols is 1. The van der Waals surface area contributed by atoms with Gasteiger partial charge in [-0.15, -0.1) is 0 Å². The number of carbonyl (C=O) groups is 1. The van der Waals surface area contributed by atoms with Gasteiger partial charge in [0, 0.05) is 12.6 Å². The maximum atomic E-state index is 13.0. The van der Waals surface area contributed by atoms with E-state index in [1.807, 2.05) is 13.8 Å². The van der Waals surface area contributed by atoms with Gasteiger partial charge in [-0.25, -0.2) is 4.39 Å². The molecular formula is C13H18FNO3. The van der Waals surface area contributed by atoms with Crippen LogP contribution in [0.2, 0.25) is 0 Å². The highest BCUT2D eigenvalue weighted by atomic mass is 19.1. The van der Waals surface area contributed by atoms with E-state index in [4.69, 9.17) is 5.11 Å². The number of rotatable bonds is 5. The van der Waals surface area contributed by atoms with Gasteiger partial charge in [0.15, 0.2) is 0 Å². The SMILES string of the molecule is CC(C)C(CCO)NC(=O)c1cc(F)ccc1O. The normalized spacial score (nSPS) is 12.5. The smallest absolute Gasteiger partial charge is 0.255 e. The highest BCUT2D eigenvalue weighted by Crippen LogP contribution is 2.18. The lowest BCUT2D eigenvalue weighted by Crippen LogP contribution is -2.39. The Balaban J connectivity index is 2.83. The third-order valence-electron chi connectivity index (χ3n) is 2.76. The topological polar surface area (TPSA) is 69.6 Å². The summed E-state index contributed by atoms with van der Waals surface area (Å²) in [5, 5.41) is 21.1. The van der Waals surface area contributed by atoms with E-state index in [0.29, 0.717) is 6.42 Å². The molecular weight excluding hydrogens is 237 g/mol. The summed E-state index contributed by atoms with van der Waals surface area (Å²) in [7, 11) is 0. The molecule has 0 spiro atoms. The van der Waals surface area contributed by atoms with Crippen LogP contribution >= 0.6 is 0 Å². The summed E-state index contributed by atoms with van der Waals surface area (Å²) in [6, 6.07) is 2.99. The van der Waals surface area contributed by atoms with Crippen molar-refractivity contribution < 1.29 is 19.4 Å². The van der Waals surface area contributed by atoms with E-state index < -0.39 is 11.7 Å². The summed E-state index contributed by atoms with van der Waals surface area (Å²) in [5.41, 5.74) is -0.0985. The Bertz CT molecular complexity index is 421. The van der Waals surface area contributed by atoms with Gasteiger partial charge in [-0.1, -0.05) is 13.8 Å². The number of carbonyl (C=O) groups excluding carboxylic acids is 1. The summed E-state index contributed by atoms with van der Waals surface area (Å²) in [4.78, 5) is 11.9. The molecule has 0 radical (unpaired) electrons. The van der Waals surface area contributed by atoms with Crippen LogP contribution in [0.5, 0.6) is 5.75 Å². The average Bonchev–Trinajstić information content (AvgIpc) is 2.31. The molecule has 100 valence electrons. The highest BCUT2D eigenvalue weighted by Gasteiger charge is 2.19. The molecule has 1 aromatic carbocycles. The standard InChI is InChI=1S/C13H18FNO3/c1-8(2)11(5-6-16)15-13(18)10-7-9(14)3-4-12(10)17/h3-4,7-8,11,16-17H,5-6H2,1-2H3,(H,15,18). The van der Waals surface area contributed by atoms with Crippen LogP contribution in [0.25, 0.3) is 0 Å². The van der Waals surface area contributed by atoms with Crippen molar-refractivity contribution in [3.8, 4) is 5.75 Å². The average molecular weight is 255 g/mol. The van der Waals surface area contributed by atoms with Gasteiger partial charge in [-0.3, -0.25) is 4.79 Å². The zero-order valence-electron chi connectivity index (χ0n) is 10.5. The van der Waals surface area contributed by atoms with Crippen LogP contribution in [-0.4, -0.2) is 28.8 Å². The van der Waals surface area contributed by atoms with E-state index in [0.717, 1.165) is 18.2 Å². The fourth-order valence-electron chi connectivity index (χ4n) is 1.65. The Kier molecular flexibility index (Phi) is 5.09. The number of aromatic hydroxyl groups is 1. The van der Waals surface area contributed by atoms with Gasteiger partial charge >= 0.3 is 0 Å². The molecule has 1 unspecified atom stereocenters. The number of hydrogen-bond acceptors (Lipinski definition) is 3. The molecule has 0 aliphatic heterocycles. The molecule has 0 aromatic heterocycles. The first-order valence-electron chi connectivity index (χ1n) is 5.86. The Labute approximate surface area is 105 Å². The zero-order chi connectivity index (χ0) is 13.7. The van der Waals surface area contributed by atoms with E-state index in [-0.39, 0.29) is 29.9 Å². The Hall–Kier alpha value is -1.62. The lowest BCUT2D eigenvalue weighted by Gasteiger charge is -2.21. The second kappa shape index (κ2) is 6.35. The first-order chi connectivity index (χ1) is 8.45. The van der Waals surface area contributed by atoms with Crippen molar-refractivity contribution in [3.05, 3.63) is 29.6 Å². The van der Waals surface area contributed by atoms with Crippen LogP contribution < -0.4 is 5.32 Å². The van der Waals surface area contributed by atoms with Crippen molar-refractivity contribution in [1.29, 1.82) is 0 Å². The summed E-state index contributed by atoms with van der Waals surface area (Å²) >= 11 is 0. The van der Waals surface area contributed by atoms with Crippen LogP contribution in [0.1, 0.15) is 30.6 Å². The number of amides is 1. The quantitative estimate of drug-likeness (QED) is 0.749. The summed E-state index contributed by atoms with van der Waals surface area (Å²) in [5.74, 6) is -1.25. The minimum Gasteiger partial charge on any atom is -0.507 e. The zero-order valence-corrected chi connectivity index (χ0v) is 10.5. The molecule has 0 aliphatic rings. The molecule has 1 aromatic rings. The first kappa shape index (κ1) is 14.4. The van der Waals surface area contributed by atoms with Crippen molar-refractivity contribution in [2.45, 2.75) is 26.3 Å². The minimum atomic E-state index is -0.582. The fraction of sp³-hybridized carbons (Fsp3) is 0.462. The molecule has 18 heavy (non-hydrogen) atoms. The molecule has 0 saturated heterocycles. The highest BCUT2D eigenvalue weighted by molar-refractivity contribution is 5.96. The third-order valence-corrected chi connectivity index (χ3v) is 2.76. The van der Waals surface area contributed by atoms with E-state index >= 15 is 0 Å². The van der Waals surface area contributed by atoms with E-state index in [1.165, 1.54) is 0 Å². The molecule has 3 N–H and O–H groups in total. The summed E-state index contributed by atoms with van der Waals surface area (Å²) < 4.78 is 13.0. The second-order valence-corrected chi connectivity index (χ2v) is 4.50. The van der Waals surface area contributed by atoms with Gasteiger partial charge < -0.3 is 15.5 Å². The molecule has 4 nitrogen and oxygen atoms in total. The number of hydrogen-bond donors (Lipinski definition) is 3. The number of phenolic OH excluding ortho intramolecular Hbond substituents is 1. The van der Waals surface area contributed by atoms with E-state index in [9.17, 15) is 14.3 Å². The molecule has 0 bridgehead atoms. The van der Waals surface area contributed by atoms with Gasteiger partial charge in [0.2, 0.25) is 0 Å². The first-order valence-corrected chi connectivity index (χ1v) is 5.86. The monoisotopic (exact) mass is 255 g/mol. The molecule has 0 fully saturated rings. The Morgan fingerprint density at radius 3 is 2.67 bits per heavy atom. The van der Waals surface area contributed by atoms with Crippen LogP contribution in [0.4, 0.5) is 4.39 Å². The van der Waals surface area contributed by atoms with Gasteiger partial charge in [0.25, 0.3) is 5.91 Å². The Morgan fingerprint density at radius 1 is 1.44 bits per heavy atom. The van der Waals surface area contributed by atoms with Gasteiger partial charge in [-0.2, -0.15) is 0 Å². The maximum absolute atomic E-state index is 13.0. The van der Waals surface area contributed by atoms with Crippen molar-refractivity contribution in [2.24, 2.45) is 5.92 Å². The number of aliphatic hydroxyl groups excluding tert-OH is 1. The largest absolute Gasteiger partial charge is 0.507 e. The predicted octanol–water partition coefficient (Wildman–Crippen LogP) is 1.67. The minimum absolute atomic E-state index is 0.0434. The molecule has 1 amide bonds. The number of benzene rings is 1. The Morgan fingerprint density at radius 2 is 2.11 bits per heavy atom. The van der Waals surface area contributed by atoms with Crippen molar-refractivity contribution in [1.82, 2.24) is 5.32 Å². The van der Waals surface area contributed by atoms with Crippen LogP contribution in [0.15, 0.2) is 18.2 Å². The van der Waals surface area contributed by atoms with E-state index in [2.05, 4.69) is 5.32 Å². The van der Waals surface area contributed by atoms with Crippen LogP contribution in [0, 0.1) is 11.7 Å².